The van der Waals surface area contributed by atoms with Gasteiger partial charge in [0.15, 0.2) is 0 Å². The van der Waals surface area contributed by atoms with Gasteiger partial charge in [0.25, 0.3) is 0 Å². The minimum Gasteiger partial charge on any atom is -0.464 e. The fourth-order valence-corrected chi connectivity index (χ4v) is 1.61. The van der Waals surface area contributed by atoms with Crippen LogP contribution < -0.4 is 0 Å². The zero-order valence-corrected chi connectivity index (χ0v) is 8.58. The third-order valence-electron chi connectivity index (χ3n) is 2.41. The van der Waals surface area contributed by atoms with Gasteiger partial charge in [-0.2, -0.15) is 5.10 Å². The van der Waals surface area contributed by atoms with E-state index in [4.69, 9.17) is 4.42 Å². The van der Waals surface area contributed by atoms with Gasteiger partial charge in [-0.1, -0.05) is 18.2 Å². The van der Waals surface area contributed by atoms with E-state index in [1.165, 1.54) is 0 Å². The number of aromatic nitrogens is 2. The van der Waals surface area contributed by atoms with Gasteiger partial charge >= 0.3 is 0 Å². The lowest BCUT2D eigenvalue weighted by Gasteiger charge is -1.98. The van der Waals surface area contributed by atoms with Gasteiger partial charge in [0.2, 0.25) is 0 Å². The SMILES string of the molecule is c1ccc(-n2cc(-c3ccco3)cn2)cc1. The molecule has 0 saturated carbocycles. The summed E-state index contributed by atoms with van der Waals surface area (Å²) in [4.78, 5) is 0. The Morgan fingerprint density at radius 1 is 1.00 bits per heavy atom. The molecule has 0 radical (unpaired) electrons. The highest BCUT2D eigenvalue weighted by Crippen LogP contribution is 2.19. The fourth-order valence-electron chi connectivity index (χ4n) is 1.61. The van der Waals surface area contributed by atoms with Crippen LogP contribution in [0.15, 0.2) is 65.5 Å². The van der Waals surface area contributed by atoms with Crippen molar-refractivity contribution >= 4 is 0 Å². The molecule has 0 fully saturated rings. The topological polar surface area (TPSA) is 31.0 Å². The normalized spacial score (nSPS) is 10.5. The summed E-state index contributed by atoms with van der Waals surface area (Å²) in [5, 5.41) is 4.30. The van der Waals surface area contributed by atoms with Crippen molar-refractivity contribution in [2.24, 2.45) is 0 Å². The summed E-state index contributed by atoms with van der Waals surface area (Å²) in [7, 11) is 0. The second kappa shape index (κ2) is 3.70. The van der Waals surface area contributed by atoms with Crippen molar-refractivity contribution in [2.75, 3.05) is 0 Å². The molecule has 0 aliphatic carbocycles. The van der Waals surface area contributed by atoms with E-state index in [0.29, 0.717) is 0 Å². The summed E-state index contributed by atoms with van der Waals surface area (Å²) < 4.78 is 7.15. The van der Waals surface area contributed by atoms with Gasteiger partial charge in [-0.05, 0) is 24.3 Å². The molecule has 3 nitrogen and oxygen atoms in total. The van der Waals surface area contributed by atoms with Crippen LogP contribution in [0.4, 0.5) is 0 Å². The number of hydrogen-bond acceptors (Lipinski definition) is 2. The summed E-state index contributed by atoms with van der Waals surface area (Å²) in [5.74, 6) is 0.835. The molecule has 3 heteroatoms. The minimum absolute atomic E-state index is 0.835. The van der Waals surface area contributed by atoms with Crippen LogP contribution in [-0.4, -0.2) is 9.78 Å². The molecular weight excluding hydrogens is 200 g/mol. The van der Waals surface area contributed by atoms with Gasteiger partial charge < -0.3 is 4.42 Å². The number of benzene rings is 1. The Labute approximate surface area is 92.9 Å². The molecule has 3 rings (SSSR count). The lowest BCUT2D eigenvalue weighted by Crippen LogP contribution is -1.92. The zero-order valence-electron chi connectivity index (χ0n) is 8.58. The standard InChI is InChI=1S/C13H10N2O/c1-2-5-12(6-3-1)15-10-11(9-14-15)13-7-4-8-16-13/h1-10H. The van der Waals surface area contributed by atoms with Crippen LogP contribution in [0.3, 0.4) is 0 Å². The molecule has 0 bridgehead atoms. The van der Waals surface area contributed by atoms with Crippen LogP contribution in [0.5, 0.6) is 0 Å². The van der Waals surface area contributed by atoms with Gasteiger partial charge in [-0.15, -0.1) is 0 Å². The lowest BCUT2D eigenvalue weighted by molar-refractivity contribution is 0.582. The van der Waals surface area contributed by atoms with Crippen LogP contribution in [0.1, 0.15) is 0 Å². The third-order valence-corrected chi connectivity index (χ3v) is 2.41. The number of hydrogen-bond donors (Lipinski definition) is 0. The van der Waals surface area contributed by atoms with Crippen LogP contribution >= 0.6 is 0 Å². The molecule has 2 heterocycles. The first-order valence-electron chi connectivity index (χ1n) is 5.07. The molecule has 0 aliphatic heterocycles. The summed E-state index contributed by atoms with van der Waals surface area (Å²) in [6.45, 7) is 0. The van der Waals surface area contributed by atoms with Gasteiger partial charge in [0.1, 0.15) is 5.76 Å². The lowest BCUT2D eigenvalue weighted by atomic mass is 10.3. The maximum Gasteiger partial charge on any atom is 0.137 e. The van der Waals surface area contributed by atoms with E-state index in [2.05, 4.69) is 5.10 Å². The number of furan rings is 1. The molecule has 3 aromatic rings. The molecule has 78 valence electrons. The molecule has 1 aromatic carbocycles. The highest BCUT2D eigenvalue weighted by molar-refractivity contribution is 5.55. The third kappa shape index (κ3) is 1.52. The monoisotopic (exact) mass is 210 g/mol. The molecular formula is C13H10N2O. The van der Waals surface area contributed by atoms with Crippen molar-refractivity contribution in [3.05, 3.63) is 61.1 Å². The first-order chi connectivity index (χ1) is 7.93. The van der Waals surface area contributed by atoms with E-state index < -0.39 is 0 Å². The Bertz CT molecular complexity index is 567. The quantitative estimate of drug-likeness (QED) is 0.650. The molecule has 0 N–H and O–H groups in total. The van der Waals surface area contributed by atoms with E-state index in [0.717, 1.165) is 17.0 Å². The molecule has 0 aliphatic rings. The van der Waals surface area contributed by atoms with Crippen molar-refractivity contribution in [3.8, 4) is 17.0 Å². The summed E-state index contributed by atoms with van der Waals surface area (Å²) in [5.41, 5.74) is 2.02. The highest BCUT2D eigenvalue weighted by Gasteiger charge is 2.04. The smallest absolute Gasteiger partial charge is 0.137 e. The maximum absolute atomic E-state index is 5.32. The summed E-state index contributed by atoms with van der Waals surface area (Å²) in [6, 6.07) is 13.8. The highest BCUT2D eigenvalue weighted by atomic mass is 16.3. The second-order valence-electron chi connectivity index (χ2n) is 3.49. The number of rotatable bonds is 2. The average molecular weight is 210 g/mol. The van der Waals surface area contributed by atoms with Crippen LogP contribution in [0.2, 0.25) is 0 Å². The van der Waals surface area contributed by atoms with E-state index in [9.17, 15) is 0 Å². The minimum atomic E-state index is 0.835. The van der Waals surface area contributed by atoms with Crippen molar-refractivity contribution in [2.45, 2.75) is 0 Å². The first kappa shape index (κ1) is 8.97. The number of para-hydroxylation sites is 1. The molecule has 0 atom stereocenters. The van der Waals surface area contributed by atoms with E-state index in [1.807, 2.05) is 53.3 Å². The predicted octanol–water partition coefficient (Wildman–Crippen LogP) is 3.13. The second-order valence-corrected chi connectivity index (χ2v) is 3.49. The molecule has 0 unspecified atom stereocenters. The largest absolute Gasteiger partial charge is 0.464 e. The van der Waals surface area contributed by atoms with Crippen LogP contribution in [0.25, 0.3) is 17.0 Å². The summed E-state index contributed by atoms with van der Waals surface area (Å²) >= 11 is 0. The Morgan fingerprint density at radius 2 is 1.88 bits per heavy atom. The fraction of sp³-hybridized carbons (Fsp3) is 0. The van der Waals surface area contributed by atoms with Crippen molar-refractivity contribution in [3.63, 3.8) is 0 Å². The Morgan fingerprint density at radius 3 is 2.62 bits per heavy atom. The average Bonchev–Trinajstić information content (AvgIpc) is 3.01. The van der Waals surface area contributed by atoms with Gasteiger partial charge in [-0.25, -0.2) is 4.68 Å². The number of nitrogens with zero attached hydrogens (tertiary/aromatic N) is 2. The van der Waals surface area contributed by atoms with Crippen molar-refractivity contribution in [1.82, 2.24) is 9.78 Å². The predicted molar refractivity (Wildman–Crippen MR) is 61.3 cm³/mol. The summed E-state index contributed by atoms with van der Waals surface area (Å²) in [6.07, 6.45) is 5.41. The molecule has 0 amide bonds. The van der Waals surface area contributed by atoms with E-state index >= 15 is 0 Å². The molecule has 2 aromatic heterocycles. The van der Waals surface area contributed by atoms with Gasteiger partial charge in [0.05, 0.1) is 23.7 Å². The van der Waals surface area contributed by atoms with Gasteiger partial charge in [-0.3, -0.25) is 0 Å². The van der Waals surface area contributed by atoms with Crippen molar-refractivity contribution < 1.29 is 4.42 Å². The van der Waals surface area contributed by atoms with Gasteiger partial charge in [0, 0.05) is 6.20 Å². The Balaban J connectivity index is 2.00. The van der Waals surface area contributed by atoms with E-state index in [1.54, 1.807) is 12.5 Å². The van der Waals surface area contributed by atoms with Crippen molar-refractivity contribution in [1.29, 1.82) is 0 Å². The van der Waals surface area contributed by atoms with E-state index in [-0.39, 0.29) is 0 Å². The Kier molecular flexibility index (Phi) is 2.07. The van der Waals surface area contributed by atoms with Crippen LogP contribution in [-0.2, 0) is 0 Å². The van der Waals surface area contributed by atoms with Crippen LogP contribution in [0, 0.1) is 0 Å². The maximum atomic E-state index is 5.32. The molecule has 0 saturated heterocycles. The first-order valence-corrected chi connectivity index (χ1v) is 5.07. The zero-order chi connectivity index (χ0) is 10.8. The molecule has 0 spiro atoms. The molecule has 16 heavy (non-hydrogen) atoms. The Hall–Kier alpha value is -2.29.